The summed E-state index contributed by atoms with van der Waals surface area (Å²) < 4.78 is 5.96. The molecule has 6 nitrogen and oxygen atoms in total. The van der Waals surface area contributed by atoms with Crippen LogP contribution in [0, 0.1) is 44.8 Å². The highest BCUT2D eigenvalue weighted by atomic mass is 16.5. The summed E-state index contributed by atoms with van der Waals surface area (Å²) in [5, 5.41) is 44.2. The fraction of sp³-hybridized carbons (Fsp3) is 0.900. The van der Waals surface area contributed by atoms with Gasteiger partial charge in [0.1, 0.15) is 6.10 Å². The SMILES string of the molecule is COC1(C)C(O)C(O)CC2(C)C1CCC1(C)C2CC=C2C3C(O)C(C)(C)CCC3(C(=O)O)CCC21C. The van der Waals surface area contributed by atoms with E-state index in [4.69, 9.17) is 4.74 Å². The number of allylic oxidation sites excluding steroid dienone is 1. The van der Waals surface area contributed by atoms with Crippen LogP contribution < -0.4 is 0 Å². The van der Waals surface area contributed by atoms with Crippen molar-refractivity contribution in [3.05, 3.63) is 11.6 Å². The molecule has 0 aliphatic heterocycles. The van der Waals surface area contributed by atoms with Crippen molar-refractivity contribution in [2.75, 3.05) is 7.11 Å². The van der Waals surface area contributed by atoms with E-state index in [0.717, 1.165) is 32.1 Å². The lowest BCUT2D eigenvalue weighted by Gasteiger charge is -2.71. The molecule has 11 atom stereocenters. The van der Waals surface area contributed by atoms with Gasteiger partial charge in [-0.2, -0.15) is 0 Å². The van der Waals surface area contributed by atoms with E-state index in [0.29, 0.717) is 19.3 Å². The number of carboxylic acids is 1. The summed E-state index contributed by atoms with van der Waals surface area (Å²) in [4.78, 5) is 12.8. The summed E-state index contributed by atoms with van der Waals surface area (Å²) in [5.41, 5.74) is -1.43. The number of aliphatic hydroxyl groups excluding tert-OH is 3. The van der Waals surface area contributed by atoms with E-state index in [1.54, 1.807) is 7.11 Å². The molecule has 0 aromatic heterocycles. The summed E-state index contributed by atoms with van der Waals surface area (Å²) in [6, 6.07) is 0. The smallest absolute Gasteiger partial charge is 0.310 e. The van der Waals surface area contributed by atoms with Gasteiger partial charge in [0.2, 0.25) is 0 Å². The molecule has 204 valence electrons. The molecule has 0 aromatic carbocycles. The molecule has 4 N–H and O–H groups in total. The Morgan fingerprint density at radius 3 is 2.17 bits per heavy atom. The Kier molecular flexibility index (Phi) is 5.77. The lowest BCUT2D eigenvalue weighted by atomic mass is 9.34. The van der Waals surface area contributed by atoms with Gasteiger partial charge in [-0.15, -0.1) is 0 Å². The van der Waals surface area contributed by atoms with E-state index < -0.39 is 35.3 Å². The third-order valence-corrected chi connectivity index (χ3v) is 13.3. The predicted octanol–water partition coefficient (Wildman–Crippen LogP) is 4.55. The van der Waals surface area contributed by atoms with Crippen molar-refractivity contribution in [1.29, 1.82) is 0 Å². The summed E-state index contributed by atoms with van der Waals surface area (Å²) in [7, 11) is 1.65. The number of hydrogen-bond donors (Lipinski definition) is 4. The third-order valence-electron chi connectivity index (χ3n) is 13.3. The second-order valence-corrected chi connectivity index (χ2v) is 14.8. The molecule has 11 unspecified atom stereocenters. The average Bonchev–Trinajstić information content (AvgIpc) is 2.80. The molecule has 0 heterocycles. The molecule has 0 aromatic rings. The van der Waals surface area contributed by atoms with Crippen LogP contribution in [0.1, 0.15) is 92.9 Å². The minimum absolute atomic E-state index is 0.106. The van der Waals surface area contributed by atoms with Crippen molar-refractivity contribution in [3.63, 3.8) is 0 Å². The van der Waals surface area contributed by atoms with Crippen molar-refractivity contribution < 1.29 is 30.0 Å². The second kappa shape index (κ2) is 7.80. The first-order valence-electron chi connectivity index (χ1n) is 14.1. The number of methoxy groups -OCH3 is 1. The van der Waals surface area contributed by atoms with Crippen LogP contribution in [0.15, 0.2) is 11.6 Å². The number of carbonyl (C=O) groups is 1. The Balaban J connectivity index is 1.63. The van der Waals surface area contributed by atoms with Crippen LogP contribution >= 0.6 is 0 Å². The first kappa shape index (κ1) is 26.6. The topological polar surface area (TPSA) is 107 Å². The molecule has 0 radical (unpaired) electrons. The van der Waals surface area contributed by atoms with Crippen LogP contribution in [0.2, 0.25) is 0 Å². The van der Waals surface area contributed by atoms with Gasteiger partial charge in [-0.05, 0) is 91.8 Å². The zero-order valence-corrected chi connectivity index (χ0v) is 23.3. The number of aliphatic hydroxyl groups is 3. The van der Waals surface area contributed by atoms with Gasteiger partial charge in [0, 0.05) is 13.0 Å². The number of aliphatic carboxylic acids is 1. The van der Waals surface area contributed by atoms with Crippen LogP contribution in [-0.2, 0) is 9.53 Å². The largest absolute Gasteiger partial charge is 0.481 e. The van der Waals surface area contributed by atoms with E-state index in [2.05, 4.69) is 40.7 Å². The van der Waals surface area contributed by atoms with Gasteiger partial charge in [-0.25, -0.2) is 0 Å². The van der Waals surface area contributed by atoms with Gasteiger partial charge in [0.25, 0.3) is 0 Å². The van der Waals surface area contributed by atoms with E-state index in [9.17, 15) is 25.2 Å². The normalized spacial score (nSPS) is 55.9. The highest BCUT2D eigenvalue weighted by molar-refractivity contribution is 5.77. The molecule has 0 saturated heterocycles. The Hall–Kier alpha value is -0.950. The Morgan fingerprint density at radius 1 is 0.917 bits per heavy atom. The number of ether oxygens (including phenoxy) is 1. The van der Waals surface area contributed by atoms with Crippen molar-refractivity contribution in [2.24, 2.45) is 44.8 Å². The number of fused-ring (bicyclic) bond motifs is 7. The number of rotatable bonds is 2. The molecule has 0 bridgehead atoms. The number of carboxylic acid groups (broad SMARTS) is 1. The minimum Gasteiger partial charge on any atom is -0.481 e. The van der Waals surface area contributed by atoms with E-state index in [-0.39, 0.29) is 39.4 Å². The van der Waals surface area contributed by atoms with Crippen molar-refractivity contribution in [3.8, 4) is 0 Å². The molecule has 6 heteroatoms. The van der Waals surface area contributed by atoms with Crippen LogP contribution in [-0.4, -0.2) is 57.4 Å². The van der Waals surface area contributed by atoms with Crippen LogP contribution in [0.3, 0.4) is 0 Å². The van der Waals surface area contributed by atoms with Gasteiger partial charge >= 0.3 is 5.97 Å². The molecular formula is C30H48O6. The van der Waals surface area contributed by atoms with Gasteiger partial charge in [-0.3, -0.25) is 4.79 Å². The summed E-state index contributed by atoms with van der Waals surface area (Å²) in [5.74, 6) is -0.747. The molecule has 5 rings (SSSR count). The van der Waals surface area contributed by atoms with Gasteiger partial charge in [0.15, 0.2) is 0 Å². The van der Waals surface area contributed by atoms with Crippen LogP contribution in [0.4, 0.5) is 0 Å². The zero-order chi connectivity index (χ0) is 26.7. The maximum absolute atomic E-state index is 12.8. The van der Waals surface area contributed by atoms with Crippen molar-refractivity contribution in [2.45, 2.75) is 117 Å². The third kappa shape index (κ3) is 2.96. The first-order valence-corrected chi connectivity index (χ1v) is 14.1. The minimum atomic E-state index is -0.916. The Labute approximate surface area is 216 Å². The van der Waals surface area contributed by atoms with Gasteiger partial charge in [-0.1, -0.05) is 46.3 Å². The molecule has 5 aliphatic carbocycles. The predicted molar refractivity (Wildman–Crippen MR) is 137 cm³/mol. The molecule has 36 heavy (non-hydrogen) atoms. The van der Waals surface area contributed by atoms with E-state index in [1.165, 1.54) is 5.57 Å². The highest BCUT2D eigenvalue weighted by Gasteiger charge is 2.71. The summed E-state index contributed by atoms with van der Waals surface area (Å²) in [6.45, 7) is 13.1. The van der Waals surface area contributed by atoms with Crippen LogP contribution in [0.25, 0.3) is 0 Å². The molecule has 5 aliphatic rings. The van der Waals surface area contributed by atoms with Gasteiger partial charge in [0.05, 0.1) is 23.2 Å². The summed E-state index contributed by atoms with van der Waals surface area (Å²) >= 11 is 0. The molecular weight excluding hydrogens is 456 g/mol. The standard InChI is InChI=1S/C30H48O6/c1-25(2)12-14-30(24(34)35)15-13-27(4)17(21(30)23(25)33)8-9-19-26(3)16-18(31)22(32)29(6,36-7)20(26)10-11-28(19,27)5/h8,18-23,31-33H,9-16H2,1-7H3,(H,34,35). The monoisotopic (exact) mass is 504 g/mol. The lowest BCUT2D eigenvalue weighted by molar-refractivity contribution is -0.269. The fourth-order valence-electron chi connectivity index (χ4n) is 10.6. The van der Waals surface area contributed by atoms with Crippen molar-refractivity contribution >= 4 is 5.97 Å². The second-order valence-electron chi connectivity index (χ2n) is 14.8. The first-order chi connectivity index (χ1) is 16.5. The maximum Gasteiger partial charge on any atom is 0.310 e. The average molecular weight is 505 g/mol. The lowest BCUT2D eigenvalue weighted by Crippen LogP contribution is -2.70. The fourth-order valence-corrected chi connectivity index (χ4v) is 10.6. The molecule has 4 saturated carbocycles. The quantitative estimate of drug-likeness (QED) is 0.411. The molecule has 0 amide bonds. The van der Waals surface area contributed by atoms with E-state index in [1.807, 2.05) is 6.92 Å². The highest BCUT2D eigenvalue weighted by Crippen LogP contribution is 2.75. The van der Waals surface area contributed by atoms with Crippen LogP contribution in [0.5, 0.6) is 0 Å². The Morgan fingerprint density at radius 2 is 1.56 bits per heavy atom. The maximum atomic E-state index is 12.8. The number of hydrogen-bond acceptors (Lipinski definition) is 5. The molecule has 0 spiro atoms. The molecule has 4 fully saturated rings. The van der Waals surface area contributed by atoms with E-state index >= 15 is 0 Å². The zero-order valence-electron chi connectivity index (χ0n) is 23.3. The Bertz CT molecular complexity index is 974. The van der Waals surface area contributed by atoms with Gasteiger partial charge < -0.3 is 25.2 Å². The van der Waals surface area contributed by atoms with Crippen molar-refractivity contribution in [1.82, 2.24) is 0 Å². The summed E-state index contributed by atoms with van der Waals surface area (Å²) in [6.07, 6.45) is 5.76.